The maximum absolute atomic E-state index is 12.5. The van der Waals surface area contributed by atoms with Crippen LogP contribution in [-0.4, -0.2) is 44.2 Å². The van der Waals surface area contributed by atoms with Crippen LogP contribution in [0.1, 0.15) is 31.7 Å². The van der Waals surface area contributed by atoms with Crippen molar-refractivity contribution < 1.29 is 9.53 Å². The molecule has 2 heterocycles. The Labute approximate surface area is 225 Å². The summed E-state index contributed by atoms with van der Waals surface area (Å²) in [5.74, 6) is 1.32. The van der Waals surface area contributed by atoms with Crippen molar-refractivity contribution in [3.63, 3.8) is 0 Å². The number of nitrogens with zero attached hydrogens (tertiary/aromatic N) is 5. The van der Waals surface area contributed by atoms with Crippen LogP contribution in [0, 0.1) is 0 Å². The molecule has 4 rings (SSSR count). The van der Waals surface area contributed by atoms with Crippen molar-refractivity contribution in [2.24, 2.45) is 5.10 Å². The van der Waals surface area contributed by atoms with Gasteiger partial charge in [0, 0.05) is 28.7 Å². The SMILES string of the molecule is CCCCCOc1ccc(C=NNC(=O)CSc2nnc(-c3ccncc3)n2-c2ccc(Cl)cc2)cc1. The predicted molar refractivity (Wildman–Crippen MR) is 148 cm³/mol. The third kappa shape index (κ3) is 7.65. The minimum absolute atomic E-state index is 0.115. The normalized spacial score (nSPS) is 11.1. The van der Waals surface area contributed by atoms with Crippen molar-refractivity contribution in [2.75, 3.05) is 12.4 Å². The summed E-state index contributed by atoms with van der Waals surface area (Å²) in [7, 11) is 0. The molecule has 0 spiro atoms. The fourth-order valence-corrected chi connectivity index (χ4v) is 4.28. The number of hydrogen-bond donors (Lipinski definition) is 1. The molecule has 0 bridgehead atoms. The van der Waals surface area contributed by atoms with E-state index >= 15 is 0 Å². The molecule has 1 N–H and O–H groups in total. The van der Waals surface area contributed by atoms with Crippen molar-refractivity contribution in [2.45, 2.75) is 31.3 Å². The summed E-state index contributed by atoms with van der Waals surface area (Å²) in [5.41, 5.74) is 5.11. The number of thioether (sulfide) groups is 1. The molecular weight excluding hydrogens is 508 g/mol. The van der Waals surface area contributed by atoms with Crippen LogP contribution in [0.3, 0.4) is 0 Å². The second-order valence-corrected chi connectivity index (χ2v) is 9.44. The summed E-state index contributed by atoms with van der Waals surface area (Å²) < 4.78 is 7.61. The minimum Gasteiger partial charge on any atom is -0.494 e. The molecule has 10 heteroatoms. The fourth-order valence-electron chi connectivity index (χ4n) is 3.41. The number of rotatable bonds is 12. The highest BCUT2D eigenvalue weighted by atomic mass is 35.5. The number of halogens is 1. The summed E-state index contributed by atoms with van der Waals surface area (Å²) in [5, 5.41) is 14.0. The average Bonchev–Trinajstić information content (AvgIpc) is 3.36. The van der Waals surface area contributed by atoms with Gasteiger partial charge in [-0.3, -0.25) is 14.3 Å². The number of carbonyl (C=O) groups is 1. The number of pyridine rings is 1. The molecule has 0 radical (unpaired) electrons. The van der Waals surface area contributed by atoms with Crippen LogP contribution in [-0.2, 0) is 4.79 Å². The summed E-state index contributed by atoms with van der Waals surface area (Å²) in [4.78, 5) is 16.5. The van der Waals surface area contributed by atoms with Gasteiger partial charge in [-0.1, -0.05) is 43.1 Å². The van der Waals surface area contributed by atoms with Crippen LogP contribution in [0.4, 0.5) is 0 Å². The van der Waals surface area contributed by atoms with Crippen molar-refractivity contribution in [3.8, 4) is 22.8 Å². The molecule has 0 aliphatic rings. The number of carbonyl (C=O) groups excluding carboxylic acids is 1. The maximum Gasteiger partial charge on any atom is 0.250 e. The second-order valence-electron chi connectivity index (χ2n) is 8.06. The second kappa shape index (κ2) is 13.6. The number of aromatic nitrogens is 4. The van der Waals surface area contributed by atoms with E-state index in [9.17, 15) is 4.79 Å². The van der Waals surface area contributed by atoms with Crippen LogP contribution in [0.25, 0.3) is 17.1 Å². The number of hydrogen-bond acceptors (Lipinski definition) is 7. The standard InChI is InChI=1S/C27H27ClN6O2S/c1-2-3-4-17-36-24-11-5-20(6-12-24)18-30-31-25(35)19-37-27-33-32-26(21-13-15-29-16-14-21)34(27)23-9-7-22(28)8-10-23/h5-16,18H,2-4,17,19H2,1H3,(H,31,35). The van der Waals surface area contributed by atoms with E-state index in [1.807, 2.05) is 53.1 Å². The number of hydrazone groups is 1. The Morgan fingerprint density at radius 2 is 1.81 bits per heavy atom. The third-order valence-electron chi connectivity index (χ3n) is 5.29. The van der Waals surface area contributed by atoms with Gasteiger partial charge in [-0.15, -0.1) is 10.2 Å². The topological polar surface area (TPSA) is 94.3 Å². The Morgan fingerprint density at radius 3 is 2.54 bits per heavy atom. The first kappa shape index (κ1) is 26.4. The van der Waals surface area contributed by atoms with E-state index in [0.717, 1.165) is 41.8 Å². The van der Waals surface area contributed by atoms with E-state index in [4.69, 9.17) is 16.3 Å². The molecule has 4 aromatic rings. The van der Waals surface area contributed by atoms with Gasteiger partial charge in [-0.2, -0.15) is 5.10 Å². The molecule has 0 aliphatic carbocycles. The molecule has 0 unspecified atom stereocenters. The van der Waals surface area contributed by atoms with Gasteiger partial charge in [0.1, 0.15) is 5.75 Å². The van der Waals surface area contributed by atoms with Crippen LogP contribution < -0.4 is 10.2 Å². The van der Waals surface area contributed by atoms with E-state index in [0.29, 0.717) is 22.6 Å². The van der Waals surface area contributed by atoms with Crippen molar-refractivity contribution in [1.82, 2.24) is 25.2 Å². The molecule has 1 amide bonds. The Balaban J connectivity index is 1.36. The molecule has 190 valence electrons. The van der Waals surface area contributed by atoms with E-state index < -0.39 is 0 Å². The zero-order valence-corrected chi connectivity index (χ0v) is 22.0. The quantitative estimate of drug-likeness (QED) is 0.107. The van der Waals surface area contributed by atoms with E-state index in [1.165, 1.54) is 11.8 Å². The van der Waals surface area contributed by atoms with Gasteiger partial charge in [-0.05, 0) is 72.6 Å². The number of nitrogens with one attached hydrogen (secondary N) is 1. The molecule has 2 aromatic heterocycles. The lowest BCUT2D eigenvalue weighted by atomic mass is 10.2. The largest absolute Gasteiger partial charge is 0.494 e. The molecule has 8 nitrogen and oxygen atoms in total. The molecule has 0 aliphatic heterocycles. The summed E-state index contributed by atoms with van der Waals surface area (Å²) in [6, 6.07) is 18.7. The van der Waals surface area contributed by atoms with E-state index in [-0.39, 0.29) is 11.7 Å². The Hall–Kier alpha value is -3.69. The monoisotopic (exact) mass is 534 g/mol. The Kier molecular flexibility index (Phi) is 9.67. The van der Waals surface area contributed by atoms with E-state index in [2.05, 4.69) is 32.6 Å². The fraction of sp³-hybridized carbons (Fsp3) is 0.222. The van der Waals surface area contributed by atoms with Gasteiger partial charge in [0.2, 0.25) is 0 Å². The lowest BCUT2D eigenvalue weighted by Crippen LogP contribution is -2.20. The van der Waals surface area contributed by atoms with Crippen molar-refractivity contribution in [3.05, 3.63) is 83.6 Å². The van der Waals surface area contributed by atoms with Crippen molar-refractivity contribution >= 4 is 35.5 Å². The first-order chi connectivity index (χ1) is 18.1. The summed E-state index contributed by atoms with van der Waals surface area (Å²) in [6.45, 7) is 2.88. The van der Waals surface area contributed by atoms with Gasteiger partial charge in [0.25, 0.3) is 5.91 Å². The Morgan fingerprint density at radius 1 is 1.05 bits per heavy atom. The van der Waals surface area contributed by atoms with Gasteiger partial charge < -0.3 is 4.74 Å². The molecule has 0 saturated heterocycles. The zero-order chi connectivity index (χ0) is 25.9. The number of amides is 1. The van der Waals surface area contributed by atoms with Crippen LogP contribution >= 0.6 is 23.4 Å². The lowest BCUT2D eigenvalue weighted by Gasteiger charge is -2.10. The molecular formula is C27H27ClN6O2S. The molecule has 0 fully saturated rings. The van der Waals surface area contributed by atoms with Crippen LogP contribution in [0.15, 0.2) is 83.3 Å². The third-order valence-corrected chi connectivity index (χ3v) is 6.47. The average molecular weight is 535 g/mol. The molecule has 37 heavy (non-hydrogen) atoms. The smallest absolute Gasteiger partial charge is 0.250 e. The van der Waals surface area contributed by atoms with Gasteiger partial charge in [-0.25, -0.2) is 5.43 Å². The number of benzene rings is 2. The highest BCUT2D eigenvalue weighted by Crippen LogP contribution is 2.28. The van der Waals surface area contributed by atoms with Crippen LogP contribution in [0.2, 0.25) is 5.02 Å². The highest BCUT2D eigenvalue weighted by Gasteiger charge is 2.17. The zero-order valence-electron chi connectivity index (χ0n) is 20.4. The van der Waals surface area contributed by atoms with E-state index in [1.54, 1.807) is 30.7 Å². The Bertz CT molecular complexity index is 1310. The van der Waals surface area contributed by atoms with Gasteiger partial charge >= 0.3 is 0 Å². The predicted octanol–water partition coefficient (Wildman–Crippen LogP) is 5.79. The first-order valence-corrected chi connectivity index (χ1v) is 13.3. The van der Waals surface area contributed by atoms with Gasteiger partial charge in [0.05, 0.1) is 18.6 Å². The first-order valence-electron chi connectivity index (χ1n) is 11.9. The number of unbranched alkanes of at least 4 members (excludes halogenated alkanes) is 2. The highest BCUT2D eigenvalue weighted by molar-refractivity contribution is 7.99. The van der Waals surface area contributed by atoms with Crippen molar-refractivity contribution in [1.29, 1.82) is 0 Å². The minimum atomic E-state index is -0.256. The molecule has 0 saturated carbocycles. The lowest BCUT2D eigenvalue weighted by molar-refractivity contribution is -0.118. The summed E-state index contributed by atoms with van der Waals surface area (Å²) in [6.07, 6.45) is 8.36. The maximum atomic E-state index is 12.5. The summed E-state index contributed by atoms with van der Waals surface area (Å²) >= 11 is 7.34. The van der Waals surface area contributed by atoms with Crippen LogP contribution in [0.5, 0.6) is 5.75 Å². The van der Waals surface area contributed by atoms with Gasteiger partial charge in [0.15, 0.2) is 11.0 Å². The number of ether oxygens (including phenoxy) is 1. The molecule has 0 atom stereocenters. The molecule has 2 aromatic carbocycles.